The second kappa shape index (κ2) is 8.97. The van der Waals surface area contributed by atoms with Crippen molar-refractivity contribution in [3.8, 4) is 0 Å². The zero-order valence-electron chi connectivity index (χ0n) is 17.9. The molecule has 1 amide bonds. The highest BCUT2D eigenvalue weighted by Gasteiger charge is 2.32. The van der Waals surface area contributed by atoms with Crippen molar-refractivity contribution in [2.45, 2.75) is 37.1 Å². The number of hydrogen-bond acceptors (Lipinski definition) is 6. The third-order valence-electron chi connectivity index (χ3n) is 6.25. The number of rotatable bonds is 6. The Kier molecular flexibility index (Phi) is 6.27. The van der Waals surface area contributed by atoms with Gasteiger partial charge in [-0.15, -0.1) is 0 Å². The number of nitro groups is 1. The summed E-state index contributed by atoms with van der Waals surface area (Å²) in [7, 11) is -3.56. The number of aryl methyl sites for hydroxylation is 2. The molecule has 0 radical (unpaired) electrons. The molecular formula is C22H26N4O5S. The number of carbonyl (C=O) groups excluding carboxylic acids is 1. The van der Waals surface area contributed by atoms with Gasteiger partial charge in [0.2, 0.25) is 15.9 Å². The van der Waals surface area contributed by atoms with Gasteiger partial charge in [-0.2, -0.15) is 4.31 Å². The molecule has 9 nitrogen and oxygen atoms in total. The lowest BCUT2D eigenvalue weighted by Crippen LogP contribution is -2.53. The van der Waals surface area contributed by atoms with Crippen LogP contribution in [0.3, 0.4) is 0 Å². The van der Waals surface area contributed by atoms with Gasteiger partial charge in [0, 0.05) is 44.0 Å². The minimum absolute atomic E-state index is 0.0447. The molecule has 1 aliphatic carbocycles. The molecule has 1 unspecified atom stereocenters. The number of sulfonamides is 1. The van der Waals surface area contributed by atoms with Crippen molar-refractivity contribution in [1.82, 2.24) is 9.21 Å². The zero-order valence-corrected chi connectivity index (χ0v) is 18.7. The molecule has 4 rings (SSSR count). The predicted molar refractivity (Wildman–Crippen MR) is 120 cm³/mol. The van der Waals surface area contributed by atoms with Gasteiger partial charge in [0.25, 0.3) is 5.69 Å². The SMILES string of the molecule is CC(C(=O)Nc1ccc([N+](=O)[O-])cc1)N1CCN(S(=O)(=O)c2ccc3c(c2)CCC3)CC1. The first-order valence-corrected chi connectivity index (χ1v) is 12.1. The van der Waals surface area contributed by atoms with Crippen LogP contribution in [-0.4, -0.2) is 60.7 Å². The molecule has 0 spiro atoms. The van der Waals surface area contributed by atoms with Gasteiger partial charge in [-0.3, -0.25) is 19.8 Å². The highest BCUT2D eigenvalue weighted by atomic mass is 32.2. The molecule has 1 fully saturated rings. The number of benzene rings is 2. The van der Waals surface area contributed by atoms with Crippen molar-refractivity contribution in [3.63, 3.8) is 0 Å². The summed E-state index contributed by atoms with van der Waals surface area (Å²) >= 11 is 0. The van der Waals surface area contributed by atoms with Crippen LogP contribution in [0.4, 0.5) is 11.4 Å². The number of amides is 1. The van der Waals surface area contributed by atoms with Crippen LogP contribution in [0.15, 0.2) is 47.4 Å². The Morgan fingerprint density at radius 1 is 1.03 bits per heavy atom. The molecular weight excluding hydrogens is 432 g/mol. The van der Waals surface area contributed by atoms with E-state index in [0.717, 1.165) is 24.8 Å². The number of hydrogen-bond donors (Lipinski definition) is 1. The van der Waals surface area contributed by atoms with E-state index in [2.05, 4.69) is 5.32 Å². The number of carbonyl (C=O) groups is 1. The molecule has 1 saturated heterocycles. The molecule has 0 bridgehead atoms. The van der Waals surface area contributed by atoms with Crippen molar-refractivity contribution >= 4 is 27.3 Å². The molecule has 1 N–H and O–H groups in total. The Morgan fingerprint density at radius 3 is 2.34 bits per heavy atom. The number of fused-ring (bicyclic) bond motifs is 1. The van der Waals surface area contributed by atoms with Gasteiger partial charge >= 0.3 is 0 Å². The first kappa shape index (κ1) is 22.4. The monoisotopic (exact) mass is 458 g/mol. The Labute approximate surface area is 187 Å². The smallest absolute Gasteiger partial charge is 0.269 e. The highest BCUT2D eigenvalue weighted by molar-refractivity contribution is 7.89. The fourth-order valence-corrected chi connectivity index (χ4v) is 5.74. The lowest BCUT2D eigenvalue weighted by atomic mass is 10.1. The first-order chi connectivity index (χ1) is 15.3. The molecule has 2 aromatic rings. The quantitative estimate of drug-likeness (QED) is 0.525. The van der Waals surface area contributed by atoms with E-state index in [9.17, 15) is 23.3 Å². The van der Waals surface area contributed by atoms with Gasteiger partial charge in [-0.05, 0) is 61.6 Å². The van der Waals surface area contributed by atoms with Crippen molar-refractivity contribution in [2.75, 3.05) is 31.5 Å². The van der Waals surface area contributed by atoms with E-state index >= 15 is 0 Å². The largest absolute Gasteiger partial charge is 0.325 e. The zero-order chi connectivity index (χ0) is 22.9. The normalized spacial score (nSPS) is 18.2. The molecule has 1 aliphatic heterocycles. The molecule has 2 aromatic carbocycles. The number of nitrogens with zero attached hydrogens (tertiary/aromatic N) is 3. The van der Waals surface area contributed by atoms with E-state index in [4.69, 9.17) is 0 Å². The highest BCUT2D eigenvalue weighted by Crippen LogP contribution is 2.27. The van der Waals surface area contributed by atoms with E-state index in [0.29, 0.717) is 36.8 Å². The molecule has 0 aromatic heterocycles. The Morgan fingerprint density at radius 2 is 1.69 bits per heavy atom. The van der Waals surface area contributed by atoms with E-state index in [-0.39, 0.29) is 11.6 Å². The van der Waals surface area contributed by atoms with Gasteiger partial charge in [0.1, 0.15) is 0 Å². The minimum atomic E-state index is -3.56. The van der Waals surface area contributed by atoms with Gasteiger partial charge in [0.15, 0.2) is 0 Å². The van der Waals surface area contributed by atoms with Crippen molar-refractivity contribution in [3.05, 3.63) is 63.7 Å². The number of anilines is 1. The Bertz CT molecular complexity index is 1130. The summed E-state index contributed by atoms with van der Waals surface area (Å²) in [5.74, 6) is -0.242. The van der Waals surface area contributed by atoms with E-state index in [1.807, 2.05) is 17.0 Å². The summed E-state index contributed by atoms with van der Waals surface area (Å²) < 4.78 is 27.7. The maximum atomic E-state index is 13.1. The molecule has 32 heavy (non-hydrogen) atoms. The molecule has 2 aliphatic rings. The van der Waals surface area contributed by atoms with Crippen molar-refractivity contribution in [1.29, 1.82) is 0 Å². The van der Waals surface area contributed by atoms with Crippen LogP contribution in [0.5, 0.6) is 0 Å². The van der Waals surface area contributed by atoms with Crippen LogP contribution >= 0.6 is 0 Å². The third kappa shape index (κ3) is 4.52. The van der Waals surface area contributed by atoms with Crippen molar-refractivity contribution < 1.29 is 18.1 Å². The lowest BCUT2D eigenvalue weighted by molar-refractivity contribution is -0.384. The fourth-order valence-electron chi connectivity index (χ4n) is 4.27. The maximum absolute atomic E-state index is 13.1. The second-order valence-corrected chi connectivity index (χ2v) is 10.1. The van der Waals surface area contributed by atoms with Crippen LogP contribution in [0, 0.1) is 10.1 Å². The second-order valence-electron chi connectivity index (χ2n) is 8.19. The van der Waals surface area contributed by atoms with Gasteiger partial charge in [-0.1, -0.05) is 6.07 Å². The average molecular weight is 459 g/mol. The topological polar surface area (TPSA) is 113 Å². The maximum Gasteiger partial charge on any atom is 0.269 e. The Hall–Kier alpha value is -2.82. The van der Waals surface area contributed by atoms with Crippen molar-refractivity contribution in [2.24, 2.45) is 0 Å². The summed E-state index contributed by atoms with van der Waals surface area (Å²) in [4.78, 5) is 25.2. The number of piperazine rings is 1. The van der Waals surface area contributed by atoms with Crippen LogP contribution in [-0.2, 0) is 27.7 Å². The number of non-ortho nitro benzene ring substituents is 1. The first-order valence-electron chi connectivity index (χ1n) is 10.7. The lowest BCUT2D eigenvalue weighted by Gasteiger charge is -2.36. The van der Waals surface area contributed by atoms with Crippen LogP contribution in [0.25, 0.3) is 0 Å². The van der Waals surface area contributed by atoms with E-state index in [1.54, 1.807) is 13.0 Å². The van der Waals surface area contributed by atoms with Crippen LogP contribution in [0.2, 0.25) is 0 Å². The standard InChI is InChI=1S/C22H26N4O5S/c1-16(22(27)23-19-6-8-20(9-7-19)26(28)29)24-11-13-25(14-12-24)32(30,31)21-10-5-17-3-2-4-18(17)15-21/h5-10,15-16H,2-4,11-14H2,1H3,(H,23,27). The fraction of sp³-hybridized carbons (Fsp3) is 0.409. The average Bonchev–Trinajstić information content (AvgIpc) is 3.27. The van der Waals surface area contributed by atoms with Crippen LogP contribution < -0.4 is 5.32 Å². The molecule has 170 valence electrons. The third-order valence-corrected chi connectivity index (χ3v) is 8.15. The predicted octanol–water partition coefficient (Wildman–Crippen LogP) is 2.42. The molecule has 1 heterocycles. The van der Waals surface area contributed by atoms with E-state index < -0.39 is 21.0 Å². The van der Waals surface area contributed by atoms with Crippen LogP contribution in [0.1, 0.15) is 24.5 Å². The number of nitrogens with one attached hydrogen (secondary N) is 1. The van der Waals surface area contributed by atoms with Gasteiger partial charge in [0.05, 0.1) is 15.9 Å². The summed E-state index contributed by atoms with van der Waals surface area (Å²) in [6.07, 6.45) is 3.00. The van der Waals surface area contributed by atoms with E-state index in [1.165, 1.54) is 34.1 Å². The molecule has 10 heteroatoms. The minimum Gasteiger partial charge on any atom is -0.325 e. The Balaban J connectivity index is 1.35. The summed E-state index contributed by atoms with van der Waals surface area (Å²) in [6.45, 7) is 3.28. The summed E-state index contributed by atoms with van der Waals surface area (Å²) in [5, 5.41) is 13.5. The molecule has 1 atom stereocenters. The molecule has 0 saturated carbocycles. The number of nitro benzene ring substituents is 1. The van der Waals surface area contributed by atoms with Gasteiger partial charge in [-0.25, -0.2) is 8.42 Å². The summed E-state index contributed by atoms with van der Waals surface area (Å²) in [6, 6.07) is 10.6. The van der Waals surface area contributed by atoms with Gasteiger partial charge < -0.3 is 5.32 Å². The summed E-state index contributed by atoms with van der Waals surface area (Å²) in [5.41, 5.74) is 2.80.